The molecular weight excluding hydrogens is 336 g/mol. The number of hydrogen-bond donors (Lipinski definition) is 1. The molecule has 2 aromatic heterocycles. The van der Waals surface area contributed by atoms with E-state index in [1.807, 2.05) is 19.1 Å². The lowest BCUT2D eigenvalue weighted by Crippen LogP contribution is -2.29. The highest BCUT2D eigenvalue weighted by Crippen LogP contribution is 2.33. The number of pyridine rings is 1. The molecule has 140 valence electrons. The van der Waals surface area contributed by atoms with Gasteiger partial charge in [0.25, 0.3) is 0 Å². The van der Waals surface area contributed by atoms with Crippen molar-refractivity contribution in [2.24, 2.45) is 5.73 Å². The highest BCUT2D eigenvalue weighted by Gasteiger charge is 2.26. The van der Waals surface area contributed by atoms with E-state index in [1.165, 1.54) is 27.7 Å². The summed E-state index contributed by atoms with van der Waals surface area (Å²) >= 11 is 0. The average molecular weight is 362 g/mol. The Kier molecular flexibility index (Phi) is 4.48. The number of carbonyl (C=O) groups is 1. The maximum Gasteiger partial charge on any atom is 0.226 e. The Labute approximate surface area is 159 Å². The SMILES string of the molecule is Cc1ccc2c(c1)c1c(n2CC(C(N)=O)c2ccc(C)nc2)CCN(C)C1. The maximum absolute atomic E-state index is 12.3. The normalized spacial score (nSPS) is 15.7. The number of nitrogens with two attached hydrogens (primary N) is 1. The van der Waals surface area contributed by atoms with Gasteiger partial charge < -0.3 is 15.2 Å². The van der Waals surface area contributed by atoms with E-state index in [-0.39, 0.29) is 5.91 Å². The molecule has 1 amide bonds. The summed E-state index contributed by atoms with van der Waals surface area (Å²) in [5, 5.41) is 1.29. The van der Waals surface area contributed by atoms with Crippen molar-refractivity contribution < 1.29 is 4.79 Å². The summed E-state index contributed by atoms with van der Waals surface area (Å²) in [6.45, 7) is 6.58. The molecule has 0 saturated carbocycles. The molecule has 3 heterocycles. The zero-order valence-electron chi connectivity index (χ0n) is 16.2. The Hall–Kier alpha value is -2.66. The molecule has 5 heteroatoms. The van der Waals surface area contributed by atoms with Crippen molar-refractivity contribution in [3.63, 3.8) is 0 Å². The standard InChI is InChI=1S/C22H26N4O/c1-14-4-7-20-17(10-14)19-12-25(3)9-8-21(19)26(20)13-18(22(23)27)16-6-5-15(2)24-11-16/h4-7,10-11,18H,8-9,12-13H2,1-3H3,(H2,23,27). The van der Waals surface area contributed by atoms with Crippen molar-refractivity contribution in [2.45, 2.75) is 39.3 Å². The van der Waals surface area contributed by atoms with Crippen molar-refractivity contribution in [3.8, 4) is 0 Å². The predicted octanol–water partition coefficient (Wildman–Crippen LogP) is 2.91. The Morgan fingerprint density at radius 2 is 2.07 bits per heavy atom. The summed E-state index contributed by atoms with van der Waals surface area (Å²) in [5.41, 5.74) is 12.8. The number of fused-ring (bicyclic) bond motifs is 3. The van der Waals surface area contributed by atoms with Crippen LogP contribution in [-0.4, -0.2) is 34.0 Å². The second-order valence-electron chi connectivity index (χ2n) is 7.73. The van der Waals surface area contributed by atoms with Crippen LogP contribution in [-0.2, 0) is 24.3 Å². The summed E-state index contributed by atoms with van der Waals surface area (Å²) in [4.78, 5) is 19.0. The van der Waals surface area contributed by atoms with Crippen molar-refractivity contribution in [1.29, 1.82) is 0 Å². The monoisotopic (exact) mass is 362 g/mol. The highest BCUT2D eigenvalue weighted by atomic mass is 16.1. The summed E-state index contributed by atoms with van der Waals surface area (Å²) in [6.07, 6.45) is 2.76. The van der Waals surface area contributed by atoms with Crippen LogP contribution in [0.25, 0.3) is 10.9 Å². The number of likely N-dealkylation sites (N-methyl/N-ethyl adjacent to an activating group) is 1. The van der Waals surface area contributed by atoms with E-state index in [0.717, 1.165) is 30.8 Å². The summed E-state index contributed by atoms with van der Waals surface area (Å²) < 4.78 is 2.31. The van der Waals surface area contributed by atoms with E-state index in [4.69, 9.17) is 5.73 Å². The molecule has 0 spiro atoms. The molecule has 0 fully saturated rings. The van der Waals surface area contributed by atoms with Crippen LogP contribution in [0.15, 0.2) is 36.5 Å². The van der Waals surface area contributed by atoms with Gasteiger partial charge in [-0.1, -0.05) is 17.7 Å². The molecule has 5 nitrogen and oxygen atoms in total. The van der Waals surface area contributed by atoms with Crippen molar-refractivity contribution in [3.05, 3.63) is 64.6 Å². The average Bonchev–Trinajstić information content (AvgIpc) is 2.92. The maximum atomic E-state index is 12.3. The molecular formula is C22H26N4O. The molecule has 2 N–H and O–H groups in total. The van der Waals surface area contributed by atoms with Gasteiger partial charge in [-0.3, -0.25) is 9.78 Å². The fraction of sp³-hybridized carbons (Fsp3) is 0.364. The van der Waals surface area contributed by atoms with Gasteiger partial charge in [-0.05, 0) is 50.2 Å². The zero-order chi connectivity index (χ0) is 19.1. The van der Waals surface area contributed by atoms with Crippen molar-refractivity contribution in [2.75, 3.05) is 13.6 Å². The number of aromatic nitrogens is 2. The fourth-order valence-electron chi connectivity index (χ4n) is 4.13. The van der Waals surface area contributed by atoms with Crippen LogP contribution >= 0.6 is 0 Å². The van der Waals surface area contributed by atoms with Crippen LogP contribution in [0.2, 0.25) is 0 Å². The van der Waals surface area contributed by atoms with Crippen LogP contribution in [0.4, 0.5) is 0 Å². The van der Waals surface area contributed by atoms with Gasteiger partial charge in [0.1, 0.15) is 0 Å². The summed E-state index contributed by atoms with van der Waals surface area (Å²) in [7, 11) is 2.16. The number of primary amides is 1. The molecule has 27 heavy (non-hydrogen) atoms. The predicted molar refractivity (Wildman–Crippen MR) is 108 cm³/mol. The van der Waals surface area contributed by atoms with Gasteiger partial charge in [0.05, 0.1) is 5.92 Å². The smallest absolute Gasteiger partial charge is 0.226 e. The fourth-order valence-corrected chi connectivity index (χ4v) is 4.13. The van der Waals surface area contributed by atoms with Crippen molar-refractivity contribution in [1.82, 2.24) is 14.5 Å². The van der Waals surface area contributed by atoms with E-state index < -0.39 is 5.92 Å². The number of benzene rings is 1. The van der Waals surface area contributed by atoms with Gasteiger partial charge >= 0.3 is 0 Å². The summed E-state index contributed by atoms with van der Waals surface area (Å²) in [6, 6.07) is 10.5. The van der Waals surface area contributed by atoms with Crippen LogP contribution in [0.3, 0.4) is 0 Å². The largest absolute Gasteiger partial charge is 0.369 e. The molecule has 1 aliphatic rings. The first-order valence-corrected chi connectivity index (χ1v) is 9.45. The number of amides is 1. The number of hydrogen-bond acceptors (Lipinski definition) is 3. The number of carbonyl (C=O) groups excluding carboxylic acids is 1. The minimum atomic E-state index is -0.390. The first-order valence-electron chi connectivity index (χ1n) is 9.45. The molecule has 1 atom stereocenters. The third-order valence-corrected chi connectivity index (χ3v) is 5.65. The van der Waals surface area contributed by atoms with E-state index >= 15 is 0 Å². The van der Waals surface area contributed by atoms with Crippen LogP contribution in [0.1, 0.15) is 34.0 Å². The lowest BCUT2D eigenvalue weighted by Gasteiger charge is -2.25. The second-order valence-corrected chi connectivity index (χ2v) is 7.73. The number of rotatable bonds is 4. The molecule has 1 unspecified atom stereocenters. The van der Waals surface area contributed by atoms with Gasteiger partial charge in [0.2, 0.25) is 5.91 Å². The van der Waals surface area contributed by atoms with E-state index in [2.05, 4.69) is 46.6 Å². The van der Waals surface area contributed by atoms with Gasteiger partial charge in [0.15, 0.2) is 0 Å². The third kappa shape index (κ3) is 3.23. The minimum Gasteiger partial charge on any atom is -0.369 e. The topological polar surface area (TPSA) is 64.1 Å². The molecule has 0 radical (unpaired) electrons. The third-order valence-electron chi connectivity index (χ3n) is 5.65. The Morgan fingerprint density at radius 3 is 2.78 bits per heavy atom. The first kappa shape index (κ1) is 17.7. The Bertz CT molecular complexity index is 1000. The van der Waals surface area contributed by atoms with Gasteiger partial charge in [-0.15, -0.1) is 0 Å². The van der Waals surface area contributed by atoms with Crippen LogP contribution in [0, 0.1) is 13.8 Å². The molecule has 3 aromatic rings. The quantitative estimate of drug-likeness (QED) is 0.776. The van der Waals surface area contributed by atoms with Crippen molar-refractivity contribution >= 4 is 16.8 Å². The molecule has 1 aliphatic heterocycles. The first-order chi connectivity index (χ1) is 12.9. The minimum absolute atomic E-state index is 0.309. The lowest BCUT2D eigenvalue weighted by molar-refractivity contribution is -0.119. The molecule has 0 saturated heterocycles. The highest BCUT2D eigenvalue weighted by molar-refractivity contribution is 5.87. The Balaban J connectivity index is 1.83. The number of aryl methyl sites for hydroxylation is 2. The second kappa shape index (κ2) is 6.82. The van der Waals surface area contributed by atoms with Crippen LogP contribution in [0.5, 0.6) is 0 Å². The molecule has 0 aliphatic carbocycles. The van der Waals surface area contributed by atoms with E-state index in [0.29, 0.717) is 6.54 Å². The van der Waals surface area contributed by atoms with Gasteiger partial charge in [-0.25, -0.2) is 0 Å². The molecule has 4 rings (SSSR count). The van der Waals surface area contributed by atoms with Gasteiger partial charge in [0, 0.05) is 54.5 Å². The summed E-state index contributed by atoms with van der Waals surface area (Å²) in [5.74, 6) is -0.699. The van der Waals surface area contributed by atoms with E-state index in [1.54, 1.807) is 6.20 Å². The Morgan fingerprint density at radius 1 is 1.26 bits per heavy atom. The molecule has 0 bridgehead atoms. The lowest BCUT2D eigenvalue weighted by atomic mass is 9.99. The zero-order valence-corrected chi connectivity index (χ0v) is 16.2. The van der Waals surface area contributed by atoms with E-state index in [9.17, 15) is 4.79 Å². The van der Waals surface area contributed by atoms with Gasteiger partial charge in [-0.2, -0.15) is 0 Å². The number of nitrogens with zero attached hydrogens (tertiary/aromatic N) is 3. The molecule has 1 aromatic carbocycles. The van der Waals surface area contributed by atoms with Crippen LogP contribution < -0.4 is 5.73 Å².